The number of benzene rings is 1. The summed E-state index contributed by atoms with van der Waals surface area (Å²) in [4.78, 5) is 26.1. The Bertz CT molecular complexity index is 900. The molecule has 0 bridgehead atoms. The van der Waals surface area contributed by atoms with E-state index < -0.39 is 35.7 Å². The van der Waals surface area contributed by atoms with Crippen molar-refractivity contribution in [3.63, 3.8) is 0 Å². The number of hydrogen-bond acceptors (Lipinski definition) is 7. The third kappa shape index (κ3) is 12.3. The molecule has 1 aromatic carbocycles. The van der Waals surface area contributed by atoms with Gasteiger partial charge < -0.3 is 35.1 Å². The molecule has 0 aliphatic carbocycles. The summed E-state index contributed by atoms with van der Waals surface area (Å²) in [6, 6.07) is 4.18. The number of phenolic OH excluding ortho intramolecular Hbond substituents is 1. The fourth-order valence-electron chi connectivity index (χ4n) is 4.40. The molecule has 0 fully saturated rings. The lowest BCUT2D eigenvalue weighted by molar-refractivity contribution is -0.126. The second-order valence-corrected chi connectivity index (χ2v) is 12.1. The number of nitrogens with one attached hydrogen (secondary N) is 2. The number of aliphatic hydroxyl groups excluding tert-OH is 1. The van der Waals surface area contributed by atoms with Crippen LogP contribution in [0.1, 0.15) is 92.6 Å². The van der Waals surface area contributed by atoms with E-state index in [0.717, 1.165) is 12.8 Å². The summed E-state index contributed by atoms with van der Waals surface area (Å²) in [5, 5.41) is 28.2. The third-order valence-electron chi connectivity index (χ3n) is 7.15. The molecule has 0 saturated carbocycles. The molecule has 2 amide bonds. The number of aromatic hydroxyl groups is 1. The number of rotatable bonds is 17. The van der Waals surface area contributed by atoms with E-state index in [9.17, 15) is 19.8 Å². The van der Waals surface area contributed by atoms with Crippen LogP contribution in [0.3, 0.4) is 0 Å². The van der Waals surface area contributed by atoms with E-state index in [1.165, 1.54) is 6.07 Å². The molecule has 0 heterocycles. The molecule has 0 spiro atoms. The number of hydrogen-bond donors (Lipinski definition) is 4. The number of alkyl carbamates (subject to hydrolysis) is 1. The van der Waals surface area contributed by atoms with E-state index in [1.807, 2.05) is 0 Å². The predicted molar refractivity (Wildman–Crippen MR) is 158 cm³/mol. The summed E-state index contributed by atoms with van der Waals surface area (Å²) < 4.78 is 16.4. The van der Waals surface area contributed by atoms with Crippen LogP contribution in [0.15, 0.2) is 18.2 Å². The second-order valence-electron chi connectivity index (χ2n) is 12.1. The molecule has 0 saturated heterocycles. The Labute approximate surface area is 241 Å². The van der Waals surface area contributed by atoms with Gasteiger partial charge in [-0.3, -0.25) is 4.79 Å². The van der Waals surface area contributed by atoms with E-state index in [-0.39, 0.29) is 23.3 Å². The number of carbonyl (C=O) groups excluding carboxylic acids is 2. The van der Waals surface area contributed by atoms with Gasteiger partial charge in [-0.05, 0) is 63.1 Å². The molecule has 0 aliphatic heterocycles. The Morgan fingerprint density at radius 1 is 1.05 bits per heavy atom. The number of carbonyl (C=O) groups is 2. The van der Waals surface area contributed by atoms with Crippen molar-refractivity contribution in [2.75, 3.05) is 26.9 Å². The number of amides is 2. The lowest BCUT2D eigenvalue weighted by atomic mass is 9.77. The van der Waals surface area contributed by atoms with Crippen LogP contribution in [0.2, 0.25) is 0 Å². The average Bonchev–Trinajstić information content (AvgIpc) is 2.86. The maximum Gasteiger partial charge on any atom is 0.407 e. The maximum absolute atomic E-state index is 13.3. The first-order valence-electron chi connectivity index (χ1n) is 14.6. The first-order chi connectivity index (χ1) is 18.7. The minimum atomic E-state index is -1.13. The van der Waals surface area contributed by atoms with Gasteiger partial charge in [-0.25, -0.2) is 4.79 Å². The average molecular weight is 567 g/mol. The van der Waals surface area contributed by atoms with Gasteiger partial charge in [0, 0.05) is 38.5 Å². The second kappa shape index (κ2) is 17.3. The van der Waals surface area contributed by atoms with Crippen molar-refractivity contribution in [1.82, 2.24) is 10.6 Å². The lowest BCUT2D eigenvalue weighted by Gasteiger charge is -2.36. The minimum Gasteiger partial charge on any atom is -0.504 e. The fourth-order valence-corrected chi connectivity index (χ4v) is 4.40. The largest absolute Gasteiger partial charge is 0.504 e. The molecule has 0 radical (unpaired) electrons. The molecule has 1 aromatic rings. The first kappa shape index (κ1) is 35.5. The first-order valence-corrected chi connectivity index (χ1v) is 14.6. The molecule has 9 heteroatoms. The van der Waals surface area contributed by atoms with Gasteiger partial charge in [0.15, 0.2) is 11.5 Å². The van der Waals surface area contributed by atoms with E-state index >= 15 is 0 Å². The van der Waals surface area contributed by atoms with Gasteiger partial charge in [0.25, 0.3) is 0 Å². The third-order valence-corrected chi connectivity index (χ3v) is 7.15. The van der Waals surface area contributed by atoms with Crippen molar-refractivity contribution in [2.24, 2.45) is 17.8 Å². The quantitative estimate of drug-likeness (QED) is 0.187. The highest BCUT2D eigenvalue weighted by Crippen LogP contribution is 2.37. The fraction of sp³-hybridized carbons (Fsp3) is 0.742. The predicted octanol–water partition coefficient (Wildman–Crippen LogP) is 5.38. The van der Waals surface area contributed by atoms with E-state index in [4.69, 9.17) is 14.2 Å². The van der Waals surface area contributed by atoms with Crippen molar-refractivity contribution in [3.8, 4) is 11.5 Å². The van der Waals surface area contributed by atoms with Crippen LogP contribution < -0.4 is 15.4 Å². The Hall–Kier alpha value is -2.52. The maximum atomic E-state index is 13.3. The summed E-state index contributed by atoms with van der Waals surface area (Å²) in [5.41, 5.74) is -0.0837. The number of unbranched alkanes of at least 4 members (excludes halogenated alkanes) is 1. The Morgan fingerprint density at radius 3 is 2.30 bits per heavy atom. The molecular formula is C31H54N2O7. The van der Waals surface area contributed by atoms with Gasteiger partial charge in [-0.15, -0.1) is 0 Å². The minimum absolute atomic E-state index is 0.0358. The Balaban J connectivity index is 3.47. The zero-order valence-electron chi connectivity index (χ0n) is 26.1. The van der Waals surface area contributed by atoms with Crippen molar-refractivity contribution < 1.29 is 34.0 Å². The molecule has 40 heavy (non-hydrogen) atoms. The van der Waals surface area contributed by atoms with Crippen LogP contribution in [0, 0.1) is 17.8 Å². The number of aliphatic hydroxyl groups is 1. The summed E-state index contributed by atoms with van der Waals surface area (Å²) in [6.07, 6.45) is 1.15. The van der Waals surface area contributed by atoms with E-state index in [1.54, 1.807) is 46.9 Å². The summed E-state index contributed by atoms with van der Waals surface area (Å²) in [5.74, 6) is -0.839. The van der Waals surface area contributed by atoms with Crippen LogP contribution in [0.25, 0.3) is 0 Å². The van der Waals surface area contributed by atoms with Gasteiger partial charge in [0.2, 0.25) is 5.91 Å². The molecule has 0 aromatic heterocycles. The highest BCUT2D eigenvalue weighted by molar-refractivity contribution is 5.79. The Kier molecular flexibility index (Phi) is 15.4. The van der Waals surface area contributed by atoms with Crippen molar-refractivity contribution in [3.05, 3.63) is 23.8 Å². The highest BCUT2D eigenvalue weighted by Gasteiger charge is 2.38. The number of ether oxygens (including phenoxy) is 3. The number of phenols is 1. The lowest BCUT2D eigenvalue weighted by Crippen LogP contribution is -2.50. The van der Waals surface area contributed by atoms with Crippen LogP contribution >= 0.6 is 0 Å². The van der Waals surface area contributed by atoms with Gasteiger partial charge in [0.05, 0.1) is 18.8 Å². The van der Waals surface area contributed by atoms with Crippen LogP contribution in [-0.2, 0) is 14.3 Å². The topological polar surface area (TPSA) is 126 Å². The molecule has 0 aliphatic rings. The SMILES string of the molecule is CCCCNC(=O)[C@H](C)C(c1ccc(O)c(OCCCOC)c1)[C@H](O)[C@H](C[C@H](C)C(C)C)NC(=O)OC(C)(C)C. The number of methoxy groups -OCH3 is 1. The van der Waals surface area contributed by atoms with Crippen LogP contribution in [0.4, 0.5) is 4.79 Å². The molecule has 1 unspecified atom stereocenters. The molecular weight excluding hydrogens is 512 g/mol. The summed E-state index contributed by atoms with van der Waals surface area (Å²) >= 11 is 0. The van der Waals surface area contributed by atoms with Crippen molar-refractivity contribution in [1.29, 1.82) is 0 Å². The zero-order valence-corrected chi connectivity index (χ0v) is 26.1. The summed E-state index contributed by atoms with van der Waals surface area (Å²) in [6.45, 7) is 16.8. The smallest absolute Gasteiger partial charge is 0.407 e. The zero-order chi connectivity index (χ0) is 30.5. The highest BCUT2D eigenvalue weighted by atomic mass is 16.6. The molecule has 1 rings (SSSR count). The molecule has 9 nitrogen and oxygen atoms in total. The standard InChI is InChI=1S/C31H54N2O7/c1-10-11-15-32-29(36)22(5)27(23-13-14-25(34)26(19-23)39-17-12-16-38-9)28(35)24(18-21(4)20(2)3)33-30(37)40-31(6,7)8/h13-14,19-22,24,27-28,34-35H,10-12,15-18H2,1-9H3,(H,32,36)(H,33,37)/t21-,22+,24-,27?,28+/m0/s1. The van der Waals surface area contributed by atoms with Gasteiger partial charge in [0.1, 0.15) is 5.60 Å². The molecule has 230 valence electrons. The summed E-state index contributed by atoms with van der Waals surface area (Å²) in [7, 11) is 1.61. The molecule has 5 atom stereocenters. The van der Waals surface area contributed by atoms with Gasteiger partial charge in [-0.2, -0.15) is 0 Å². The van der Waals surface area contributed by atoms with E-state index in [2.05, 4.69) is 38.3 Å². The van der Waals surface area contributed by atoms with E-state index in [0.29, 0.717) is 44.1 Å². The molecule has 4 N–H and O–H groups in total. The van der Waals surface area contributed by atoms with Crippen molar-refractivity contribution >= 4 is 12.0 Å². The monoisotopic (exact) mass is 566 g/mol. The van der Waals surface area contributed by atoms with Gasteiger partial charge >= 0.3 is 6.09 Å². The van der Waals surface area contributed by atoms with Crippen LogP contribution in [0.5, 0.6) is 11.5 Å². The van der Waals surface area contributed by atoms with Crippen LogP contribution in [-0.4, -0.2) is 66.8 Å². The van der Waals surface area contributed by atoms with Gasteiger partial charge in [-0.1, -0.05) is 47.1 Å². The van der Waals surface area contributed by atoms with Crippen molar-refractivity contribution in [2.45, 2.75) is 105 Å². The Morgan fingerprint density at radius 2 is 1.73 bits per heavy atom. The normalized spacial score (nSPS) is 15.6.